The fraction of sp³-hybridized carbons (Fsp3) is 0.600. The first kappa shape index (κ1) is 16.4. The van der Waals surface area contributed by atoms with Crippen molar-refractivity contribution in [3.8, 4) is 0 Å². The lowest BCUT2D eigenvalue weighted by atomic mass is 9.99. The summed E-state index contributed by atoms with van der Waals surface area (Å²) in [5.74, 6) is 0. The summed E-state index contributed by atoms with van der Waals surface area (Å²) in [5, 5.41) is 38.5. The summed E-state index contributed by atoms with van der Waals surface area (Å²) in [6, 6.07) is 7.79. The van der Waals surface area contributed by atoms with Crippen molar-refractivity contribution in [2.24, 2.45) is 0 Å². The minimum Gasteiger partial charge on any atom is -0.394 e. The molecule has 1 aliphatic rings. The maximum atomic E-state index is 9.96. The number of hydrogen-bond donors (Lipinski definition) is 4. The molecule has 0 saturated carbocycles. The fourth-order valence-electron chi connectivity index (χ4n) is 2.38. The number of aryl methyl sites for hydroxylation is 1. The summed E-state index contributed by atoms with van der Waals surface area (Å²) in [4.78, 5) is 0. The third kappa shape index (κ3) is 3.79. The molecule has 6 heteroatoms. The molecular formula is C15H22O6. The molecule has 0 aliphatic carbocycles. The highest BCUT2D eigenvalue weighted by Crippen LogP contribution is 2.23. The first-order valence-electron chi connectivity index (χ1n) is 7.06. The van der Waals surface area contributed by atoms with Crippen molar-refractivity contribution in [1.29, 1.82) is 0 Å². The first-order valence-corrected chi connectivity index (χ1v) is 7.06. The van der Waals surface area contributed by atoms with Gasteiger partial charge in [0.2, 0.25) is 0 Å². The van der Waals surface area contributed by atoms with Crippen molar-refractivity contribution in [1.82, 2.24) is 0 Å². The molecule has 1 aromatic carbocycles. The molecule has 5 atom stereocenters. The molecular weight excluding hydrogens is 276 g/mol. The van der Waals surface area contributed by atoms with Crippen LogP contribution in [0.3, 0.4) is 0 Å². The Bertz CT molecular complexity index is 452. The molecule has 5 unspecified atom stereocenters. The molecule has 6 nitrogen and oxygen atoms in total. The Labute approximate surface area is 123 Å². The quantitative estimate of drug-likeness (QED) is 0.588. The van der Waals surface area contributed by atoms with Crippen molar-refractivity contribution in [3.63, 3.8) is 0 Å². The average molecular weight is 298 g/mol. The molecule has 1 aromatic rings. The maximum Gasteiger partial charge on any atom is 0.184 e. The number of aliphatic hydroxyl groups is 4. The van der Waals surface area contributed by atoms with E-state index >= 15 is 0 Å². The largest absolute Gasteiger partial charge is 0.394 e. The van der Waals surface area contributed by atoms with Crippen LogP contribution in [0.5, 0.6) is 0 Å². The van der Waals surface area contributed by atoms with Crippen LogP contribution < -0.4 is 0 Å². The van der Waals surface area contributed by atoms with Crippen molar-refractivity contribution < 1.29 is 29.9 Å². The van der Waals surface area contributed by atoms with Gasteiger partial charge in [-0.1, -0.05) is 31.2 Å². The van der Waals surface area contributed by atoms with E-state index in [0.29, 0.717) is 0 Å². The summed E-state index contributed by atoms with van der Waals surface area (Å²) in [5.41, 5.74) is 2.07. The van der Waals surface area contributed by atoms with Crippen LogP contribution in [0.15, 0.2) is 24.3 Å². The van der Waals surface area contributed by atoms with Crippen molar-refractivity contribution in [3.05, 3.63) is 35.4 Å². The number of rotatable bonds is 5. The molecule has 0 radical (unpaired) electrons. The Morgan fingerprint density at radius 3 is 2.52 bits per heavy atom. The van der Waals surface area contributed by atoms with Crippen molar-refractivity contribution in [2.75, 3.05) is 6.61 Å². The second-order valence-electron chi connectivity index (χ2n) is 5.18. The van der Waals surface area contributed by atoms with E-state index in [4.69, 9.17) is 14.6 Å². The van der Waals surface area contributed by atoms with Gasteiger partial charge in [-0.25, -0.2) is 0 Å². The predicted octanol–water partition coefficient (Wildman–Crippen LogP) is -0.435. The normalized spacial score (nSPS) is 33.1. The zero-order valence-corrected chi connectivity index (χ0v) is 11.9. The van der Waals surface area contributed by atoms with Gasteiger partial charge in [0, 0.05) is 0 Å². The van der Waals surface area contributed by atoms with Gasteiger partial charge in [-0.05, 0) is 17.5 Å². The topological polar surface area (TPSA) is 99.4 Å². The summed E-state index contributed by atoms with van der Waals surface area (Å²) >= 11 is 0. The van der Waals surface area contributed by atoms with Crippen LogP contribution >= 0.6 is 0 Å². The number of benzene rings is 1. The van der Waals surface area contributed by atoms with E-state index in [1.807, 2.05) is 31.2 Å². The molecule has 21 heavy (non-hydrogen) atoms. The minimum atomic E-state index is -1.39. The molecule has 1 aliphatic heterocycles. The van der Waals surface area contributed by atoms with E-state index < -0.39 is 37.3 Å². The van der Waals surface area contributed by atoms with Gasteiger partial charge >= 0.3 is 0 Å². The van der Waals surface area contributed by atoms with E-state index in [-0.39, 0.29) is 6.61 Å². The lowest BCUT2D eigenvalue weighted by molar-refractivity contribution is -0.298. The Balaban J connectivity index is 1.98. The van der Waals surface area contributed by atoms with Gasteiger partial charge < -0.3 is 29.9 Å². The van der Waals surface area contributed by atoms with E-state index in [0.717, 1.165) is 17.5 Å². The number of hydrogen-bond acceptors (Lipinski definition) is 6. The fourth-order valence-corrected chi connectivity index (χ4v) is 2.38. The van der Waals surface area contributed by atoms with E-state index in [9.17, 15) is 15.3 Å². The highest BCUT2D eigenvalue weighted by Gasteiger charge is 2.44. The minimum absolute atomic E-state index is 0.187. The van der Waals surface area contributed by atoms with Gasteiger partial charge in [0.05, 0.1) is 13.2 Å². The highest BCUT2D eigenvalue weighted by molar-refractivity contribution is 5.22. The monoisotopic (exact) mass is 298 g/mol. The Morgan fingerprint density at radius 1 is 1.14 bits per heavy atom. The van der Waals surface area contributed by atoms with Gasteiger partial charge in [-0.15, -0.1) is 0 Å². The van der Waals surface area contributed by atoms with Crippen LogP contribution in [-0.4, -0.2) is 57.7 Å². The van der Waals surface area contributed by atoms with E-state index in [2.05, 4.69) is 0 Å². The molecule has 0 amide bonds. The van der Waals surface area contributed by atoms with Crippen LogP contribution in [0.2, 0.25) is 0 Å². The van der Waals surface area contributed by atoms with Gasteiger partial charge in [0.25, 0.3) is 0 Å². The lowest BCUT2D eigenvalue weighted by Crippen LogP contribution is -2.59. The Kier molecular flexibility index (Phi) is 5.69. The smallest absolute Gasteiger partial charge is 0.184 e. The second kappa shape index (κ2) is 7.31. The van der Waals surface area contributed by atoms with Crippen LogP contribution in [0.25, 0.3) is 0 Å². The molecule has 1 fully saturated rings. The zero-order valence-electron chi connectivity index (χ0n) is 11.9. The molecule has 1 heterocycles. The summed E-state index contributed by atoms with van der Waals surface area (Å²) < 4.78 is 10.5. The third-order valence-electron chi connectivity index (χ3n) is 3.68. The zero-order chi connectivity index (χ0) is 15.4. The highest BCUT2D eigenvalue weighted by atomic mass is 16.7. The Morgan fingerprint density at radius 2 is 1.86 bits per heavy atom. The second-order valence-corrected chi connectivity index (χ2v) is 5.18. The number of aliphatic hydroxyl groups excluding tert-OH is 4. The molecule has 2 rings (SSSR count). The van der Waals surface area contributed by atoms with Crippen molar-refractivity contribution >= 4 is 0 Å². The molecule has 0 aromatic heterocycles. The van der Waals surface area contributed by atoms with E-state index in [1.165, 1.54) is 0 Å². The van der Waals surface area contributed by atoms with Gasteiger partial charge in [0.1, 0.15) is 24.4 Å². The standard InChI is InChI=1S/C15H22O6/c1-2-9-4-3-5-10(6-9)8-20-14-13(18)12(17)11(7-16)21-15(14)19/h3-6,11-19H,2,7-8H2,1H3. The average Bonchev–Trinajstić information content (AvgIpc) is 2.51. The Hall–Kier alpha value is -1.02. The number of ether oxygens (including phenoxy) is 2. The van der Waals surface area contributed by atoms with E-state index in [1.54, 1.807) is 0 Å². The molecule has 0 spiro atoms. The predicted molar refractivity (Wildman–Crippen MR) is 74.4 cm³/mol. The summed E-state index contributed by atoms with van der Waals surface area (Å²) in [7, 11) is 0. The molecule has 118 valence electrons. The third-order valence-corrected chi connectivity index (χ3v) is 3.68. The molecule has 4 N–H and O–H groups in total. The van der Waals surface area contributed by atoms with Crippen LogP contribution in [0.1, 0.15) is 18.1 Å². The molecule has 0 bridgehead atoms. The first-order chi connectivity index (χ1) is 10.1. The SMILES string of the molecule is CCc1cccc(COC2C(O)OC(CO)C(O)C2O)c1. The van der Waals surface area contributed by atoms with Gasteiger partial charge in [0.15, 0.2) is 6.29 Å². The summed E-state index contributed by atoms with van der Waals surface area (Å²) in [6.45, 7) is 1.75. The lowest BCUT2D eigenvalue weighted by Gasteiger charge is -2.39. The molecule has 1 saturated heterocycles. The van der Waals surface area contributed by atoms with Gasteiger partial charge in [-0.2, -0.15) is 0 Å². The van der Waals surface area contributed by atoms with Crippen LogP contribution in [0.4, 0.5) is 0 Å². The van der Waals surface area contributed by atoms with Crippen LogP contribution in [-0.2, 0) is 22.5 Å². The maximum absolute atomic E-state index is 9.96. The van der Waals surface area contributed by atoms with Gasteiger partial charge in [-0.3, -0.25) is 0 Å². The van der Waals surface area contributed by atoms with Crippen molar-refractivity contribution in [2.45, 2.75) is 50.7 Å². The summed E-state index contributed by atoms with van der Waals surface area (Å²) in [6.07, 6.45) is -5.19. The van der Waals surface area contributed by atoms with Crippen LogP contribution in [0, 0.1) is 0 Å².